The van der Waals surface area contributed by atoms with Crippen LogP contribution in [0.25, 0.3) is 11.3 Å². The molecule has 2 aromatic rings. The molecule has 3 N–H and O–H groups in total. The predicted octanol–water partition coefficient (Wildman–Crippen LogP) is 2.73. The van der Waals surface area contributed by atoms with Crippen LogP contribution in [0.5, 0.6) is 0 Å². The Balaban J connectivity index is 2.63. The summed E-state index contributed by atoms with van der Waals surface area (Å²) >= 11 is 3.48. The zero-order valence-corrected chi connectivity index (χ0v) is 9.30. The van der Waals surface area contributed by atoms with Crippen molar-refractivity contribution in [1.29, 1.82) is 0 Å². The van der Waals surface area contributed by atoms with Gasteiger partial charge in [0.2, 0.25) is 0 Å². The van der Waals surface area contributed by atoms with Gasteiger partial charge >= 0.3 is 0 Å². The SMILES string of the molecule is Cc1c(Br)cccc1-c1[nH]ncc1N. The normalized spacial score (nSPS) is 10.4. The molecule has 0 atom stereocenters. The van der Waals surface area contributed by atoms with Crippen molar-refractivity contribution in [3.63, 3.8) is 0 Å². The van der Waals surface area contributed by atoms with E-state index in [0.717, 1.165) is 21.3 Å². The molecule has 0 fully saturated rings. The monoisotopic (exact) mass is 251 g/mol. The van der Waals surface area contributed by atoms with Crippen LogP contribution in [0, 0.1) is 6.92 Å². The summed E-state index contributed by atoms with van der Waals surface area (Å²) in [5.41, 5.74) is 9.57. The van der Waals surface area contributed by atoms with Crippen LogP contribution < -0.4 is 5.73 Å². The first-order valence-electron chi connectivity index (χ1n) is 4.24. The summed E-state index contributed by atoms with van der Waals surface area (Å²) < 4.78 is 1.07. The molecule has 0 amide bonds. The van der Waals surface area contributed by atoms with Gasteiger partial charge in [-0.3, -0.25) is 5.10 Å². The van der Waals surface area contributed by atoms with Gasteiger partial charge in [-0.2, -0.15) is 5.10 Å². The maximum atomic E-state index is 5.78. The number of halogens is 1. The van der Waals surface area contributed by atoms with Crippen LogP contribution in [-0.2, 0) is 0 Å². The summed E-state index contributed by atoms with van der Waals surface area (Å²) in [7, 11) is 0. The summed E-state index contributed by atoms with van der Waals surface area (Å²) in [5.74, 6) is 0. The summed E-state index contributed by atoms with van der Waals surface area (Å²) in [6, 6.07) is 6.00. The molecule has 4 heteroatoms. The summed E-state index contributed by atoms with van der Waals surface area (Å²) in [6.07, 6.45) is 1.62. The highest BCUT2D eigenvalue weighted by Gasteiger charge is 2.08. The third-order valence-electron chi connectivity index (χ3n) is 2.21. The first-order chi connectivity index (χ1) is 6.70. The number of aromatic amines is 1. The van der Waals surface area contributed by atoms with Crippen molar-refractivity contribution < 1.29 is 0 Å². The van der Waals surface area contributed by atoms with Crippen LogP contribution in [0.15, 0.2) is 28.9 Å². The first kappa shape index (κ1) is 9.27. The van der Waals surface area contributed by atoms with Crippen molar-refractivity contribution in [1.82, 2.24) is 10.2 Å². The average molecular weight is 252 g/mol. The molecular weight excluding hydrogens is 242 g/mol. The second-order valence-electron chi connectivity index (χ2n) is 3.11. The molecule has 72 valence electrons. The van der Waals surface area contributed by atoms with Crippen LogP contribution in [-0.4, -0.2) is 10.2 Å². The van der Waals surface area contributed by atoms with Crippen molar-refractivity contribution in [2.24, 2.45) is 0 Å². The van der Waals surface area contributed by atoms with Gasteiger partial charge in [0.15, 0.2) is 0 Å². The molecule has 1 aromatic carbocycles. The van der Waals surface area contributed by atoms with Crippen LogP contribution in [0.3, 0.4) is 0 Å². The van der Waals surface area contributed by atoms with E-state index in [2.05, 4.69) is 26.1 Å². The number of H-pyrrole nitrogens is 1. The molecule has 0 spiro atoms. The summed E-state index contributed by atoms with van der Waals surface area (Å²) in [5, 5.41) is 6.80. The lowest BCUT2D eigenvalue weighted by atomic mass is 10.1. The van der Waals surface area contributed by atoms with E-state index in [1.807, 2.05) is 25.1 Å². The number of aromatic nitrogens is 2. The average Bonchev–Trinajstić information content (AvgIpc) is 2.57. The molecular formula is C10H10BrN3. The lowest BCUT2D eigenvalue weighted by Gasteiger charge is -2.05. The minimum Gasteiger partial charge on any atom is -0.396 e. The van der Waals surface area contributed by atoms with E-state index in [-0.39, 0.29) is 0 Å². The van der Waals surface area contributed by atoms with Gasteiger partial charge in [-0.15, -0.1) is 0 Å². The fourth-order valence-corrected chi connectivity index (χ4v) is 1.76. The van der Waals surface area contributed by atoms with E-state index in [9.17, 15) is 0 Å². The Hall–Kier alpha value is -1.29. The van der Waals surface area contributed by atoms with Crippen molar-refractivity contribution in [2.75, 3.05) is 5.73 Å². The standard InChI is InChI=1S/C10H10BrN3/c1-6-7(3-2-4-8(6)11)10-9(12)5-13-14-10/h2-5H,12H2,1H3,(H,13,14). The third-order valence-corrected chi connectivity index (χ3v) is 3.06. The third kappa shape index (κ3) is 1.42. The van der Waals surface area contributed by atoms with E-state index < -0.39 is 0 Å². The lowest BCUT2D eigenvalue weighted by molar-refractivity contribution is 1.09. The van der Waals surface area contributed by atoms with Crippen molar-refractivity contribution in [2.45, 2.75) is 6.92 Å². The molecule has 0 aliphatic carbocycles. The highest BCUT2D eigenvalue weighted by Crippen LogP contribution is 2.30. The number of nitrogen functional groups attached to an aromatic ring is 1. The Kier molecular flexibility index (Phi) is 2.29. The van der Waals surface area contributed by atoms with Crippen molar-refractivity contribution in [3.05, 3.63) is 34.4 Å². The minimum absolute atomic E-state index is 0.672. The molecule has 1 aromatic heterocycles. The Bertz CT molecular complexity index is 462. The van der Waals surface area contributed by atoms with Crippen LogP contribution in [0.2, 0.25) is 0 Å². The molecule has 0 unspecified atom stereocenters. The quantitative estimate of drug-likeness (QED) is 0.819. The van der Waals surface area contributed by atoms with Crippen LogP contribution in [0.1, 0.15) is 5.56 Å². The number of nitrogens with two attached hydrogens (primary N) is 1. The molecule has 0 aliphatic rings. The largest absolute Gasteiger partial charge is 0.396 e. The maximum Gasteiger partial charge on any atom is 0.0883 e. The van der Waals surface area contributed by atoms with Gasteiger partial charge in [-0.05, 0) is 18.6 Å². The first-order valence-corrected chi connectivity index (χ1v) is 5.04. The second kappa shape index (κ2) is 3.46. The van der Waals surface area contributed by atoms with Crippen molar-refractivity contribution >= 4 is 21.6 Å². The number of hydrogen-bond acceptors (Lipinski definition) is 2. The minimum atomic E-state index is 0.672. The molecule has 2 rings (SSSR count). The molecule has 0 bridgehead atoms. The van der Waals surface area contributed by atoms with E-state index in [4.69, 9.17) is 5.73 Å². The number of rotatable bonds is 1. The van der Waals surface area contributed by atoms with Crippen molar-refractivity contribution in [3.8, 4) is 11.3 Å². The highest BCUT2D eigenvalue weighted by atomic mass is 79.9. The number of benzene rings is 1. The smallest absolute Gasteiger partial charge is 0.0883 e. The zero-order chi connectivity index (χ0) is 10.1. The van der Waals surface area contributed by atoms with Gasteiger partial charge in [-0.25, -0.2) is 0 Å². The van der Waals surface area contributed by atoms with Gasteiger partial charge < -0.3 is 5.73 Å². The van der Waals surface area contributed by atoms with Crippen LogP contribution >= 0.6 is 15.9 Å². The molecule has 1 heterocycles. The Morgan fingerprint density at radius 2 is 2.21 bits per heavy atom. The van der Waals surface area contributed by atoms with Gasteiger partial charge in [0.05, 0.1) is 17.6 Å². The van der Waals surface area contributed by atoms with E-state index in [0.29, 0.717) is 5.69 Å². The Labute approximate surface area is 90.5 Å². The van der Waals surface area contributed by atoms with Gasteiger partial charge in [-0.1, -0.05) is 28.1 Å². The fraction of sp³-hybridized carbons (Fsp3) is 0.100. The second-order valence-corrected chi connectivity index (χ2v) is 3.97. The number of anilines is 1. The molecule has 0 saturated heterocycles. The highest BCUT2D eigenvalue weighted by molar-refractivity contribution is 9.10. The fourth-order valence-electron chi connectivity index (χ4n) is 1.39. The number of nitrogens with one attached hydrogen (secondary N) is 1. The maximum absolute atomic E-state index is 5.78. The summed E-state index contributed by atoms with van der Waals surface area (Å²) in [6.45, 7) is 2.04. The number of hydrogen-bond donors (Lipinski definition) is 2. The van der Waals surface area contributed by atoms with E-state index in [1.165, 1.54) is 0 Å². The molecule has 0 aliphatic heterocycles. The number of nitrogens with zero attached hydrogens (tertiary/aromatic N) is 1. The van der Waals surface area contributed by atoms with E-state index >= 15 is 0 Å². The molecule has 14 heavy (non-hydrogen) atoms. The topological polar surface area (TPSA) is 54.7 Å². The van der Waals surface area contributed by atoms with Gasteiger partial charge in [0.25, 0.3) is 0 Å². The van der Waals surface area contributed by atoms with E-state index in [1.54, 1.807) is 6.20 Å². The van der Waals surface area contributed by atoms with Crippen LogP contribution in [0.4, 0.5) is 5.69 Å². The lowest BCUT2D eigenvalue weighted by Crippen LogP contribution is -1.89. The predicted molar refractivity (Wildman–Crippen MR) is 60.9 cm³/mol. The van der Waals surface area contributed by atoms with Gasteiger partial charge in [0.1, 0.15) is 0 Å². The summed E-state index contributed by atoms with van der Waals surface area (Å²) in [4.78, 5) is 0. The molecule has 0 saturated carbocycles. The zero-order valence-electron chi connectivity index (χ0n) is 7.71. The Morgan fingerprint density at radius 3 is 2.86 bits per heavy atom. The molecule has 0 radical (unpaired) electrons. The van der Waals surface area contributed by atoms with Gasteiger partial charge in [0, 0.05) is 10.0 Å². The Morgan fingerprint density at radius 1 is 1.43 bits per heavy atom. The molecule has 3 nitrogen and oxygen atoms in total.